The lowest BCUT2D eigenvalue weighted by Crippen LogP contribution is -2.49. The summed E-state index contributed by atoms with van der Waals surface area (Å²) in [6.07, 6.45) is 2.53. The molecule has 6 heteroatoms. The Balaban J connectivity index is 1.67. The van der Waals surface area contributed by atoms with Gasteiger partial charge in [0.1, 0.15) is 0 Å². The Bertz CT molecular complexity index is 462. The number of thiophene rings is 1. The van der Waals surface area contributed by atoms with Crippen LogP contribution in [0, 0.1) is 0 Å². The largest absolute Gasteiger partial charge is 0.375 e. The number of nitrogens with one attached hydrogen (secondary N) is 2. The standard InChI is InChI=1S/C14H21ClN2O2S/c1-14(2)9-10(6-8-19-14)17-13(18)16-7-5-11-3-4-12(15)20-11/h3-4,10H,5-9H2,1-2H3,(H2,16,17,18). The molecule has 112 valence electrons. The Morgan fingerprint density at radius 3 is 3.00 bits per heavy atom. The molecule has 2 N–H and O–H groups in total. The number of rotatable bonds is 4. The lowest BCUT2D eigenvalue weighted by atomic mass is 9.94. The summed E-state index contributed by atoms with van der Waals surface area (Å²) in [5, 5.41) is 5.90. The van der Waals surface area contributed by atoms with Gasteiger partial charge >= 0.3 is 6.03 Å². The number of amides is 2. The first-order valence-corrected chi connectivity index (χ1v) is 8.07. The summed E-state index contributed by atoms with van der Waals surface area (Å²) in [7, 11) is 0. The highest BCUT2D eigenvalue weighted by molar-refractivity contribution is 7.16. The van der Waals surface area contributed by atoms with Crippen molar-refractivity contribution in [3.05, 3.63) is 21.3 Å². The fourth-order valence-corrected chi connectivity index (χ4v) is 3.46. The van der Waals surface area contributed by atoms with Crippen molar-refractivity contribution in [2.24, 2.45) is 0 Å². The van der Waals surface area contributed by atoms with E-state index in [4.69, 9.17) is 16.3 Å². The van der Waals surface area contributed by atoms with E-state index < -0.39 is 0 Å². The van der Waals surface area contributed by atoms with Gasteiger partial charge in [-0.25, -0.2) is 4.79 Å². The van der Waals surface area contributed by atoms with Crippen LogP contribution in [0.3, 0.4) is 0 Å². The summed E-state index contributed by atoms with van der Waals surface area (Å²) >= 11 is 7.42. The average Bonchev–Trinajstić information content (AvgIpc) is 2.73. The predicted octanol–water partition coefficient (Wildman–Crippen LogP) is 3.20. The first-order valence-electron chi connectivity index (χ1n) is 6.87. The lowest BCUT2D eigenvalue weighted by molar-refractivity contribution is -0.0611. The number of carbonyl (C=O) groups excluding carboxylic acids is 1. The van der Waals surface area contributed by atoms with Crippen molar-refractivity contribution >= 4 is 29.0 Å². The molecule has 1 aliphatic heterocycles. The fourth-order valence-electron chi connectivity index (χ4n) is 2.38. The molecule has 1 aliphatic rings. The van der Waals surface area contributed by atoms with E-state index in [0.717, 1.165) is 23.6 Å². The monoisotopic (exact) mass is 316 g/mol. The molecular formula is C14H21ClN2O2S. The third-order valence-electron chi connectivity index (χ3n) is 3.32. The Hall–Kier alpha value is -0.780. The maximum Gasteiger partial charge on any atom is 0.315 e. The number of carbonyl (C=O) groups is 1. The zero-order valence-electron chi connectivity index (χ0n) is 11.9. The SMILES string of the molecule is CC1(C)CC(NC(=O)NCCc2ccc(Cl)s2)CCO1. The summed E-state index contributed by atoms with van der Waals surface area (Å²) in [4.78, 5) is 13.0. The topological polar surface area (TPSA) is 50.4 Å². The predicted molar refractivity (Wildman–Crippen MR) is 82.6 cm³/mol. The van der Waals surface area contributed by atoms with Crippen LogP contribution in [-0.2, 0) is 11.2 Å². The molecule has 1 atom stereocenters. The summed E-state index contributed by atoms with van der Waals surface area (Å²) in [5.41, 5.74) is -0.149. The van der Waals surface area contributed by atoms with Crippen molar-refractivity contribution in [3.63, 3.8) is 0 Å². The van der Waals surface area contributed by atoms with Gasteiger partial charge in [-0.15, -0.1) is 11.3 Å². The molecular weight excluding hydrogens is 296 g/mol. The molecule has 0 aliphatic carbocycles. The molecule has 0 spiro atoms. The van der Waals surface area contributed by atoms with Gasteiger partial charge in [-0.1, -0.05) is 11.6 Å². The molecule has 0 aromatic carbocycles. The van der Waals surface area contributed by atoms with Gasteiger partial charge in [-0.05, 0) is 45.2 Å². The second-order valence-corrected chi connectivity index (χ2v) is 7.45. The van der Waals surface area contributed by atoms with Crippen LogP contribution >= 0.6 is 22.9 Å². The summed E-state index contributed by atoms with van der Waals surface area (Å²) < 4.78 is 6.42. The minimum absolute atomic E-state index is 0.102. The van der Waals surface area contributed by atoms with Gasteiger partial charge in [0.05, 0.1) is 9.94 Å². The third kappa shape index (κ3) is 4.96. The van der Waals surface area contributed by atoms with Gasteiger partial charge in [0.15, 0.2) is 0 Å². The Morgan fingerprint density at radius 1 is 1.55 bits per heavy atom. The van der Waals surface area contributed by atoms with Crippen molar-refractivity contribution in [3.8, 4) is 0 Å². The molecule has 1 saturated heterocycles. The molecule has 2 heterocycles. The van der Waals surface area contributed by atoms with Crippen LogP contribution in [0.5, 0.6) is 0 Å². The highest BCUT2D eigenvalue weighted by Crippen LogP contribution is 2.24. The zero-order chi connectivity index (χ0) is 14.6. The van der Waals surface area contributed by atoms with E-state index in [1.54, 1.807) is 11.3 Å². The van der Waals surface area contributed by atoms with E-state index >= 15 is 0 Å². The molecule has 2 rings (SSSR count). The quantitative estimate of drug-likeness (QED) is 0.896. The maximum atomic E-state index is 11.8. The highest BCUT2D eigenvalue weighted by atomic mass is 35.5. The number of ether oxygens (including phenoxy) is 1. The average molecular weight is 317 g/mol. The van der Waals surface area contributed by atoms with E-state index in [-0.39, 0.29) is 17.7 Å². The second kappa shape index (κ2) is 6.78. The smallest absolute Gasteiger partial charge is 0.315 e. The Labute approximate surface area is 128 Å². The van der Waals surface area contributed by atoms with Gasteiger partial charge in [-0.3, -0.25) is 0 Å². The van der Waals surface area contributed by atoms with Crippen LogP contribution in [0.2, 0.25) is 4.34 Å². The van der Waals surface area contributed by atoms with Gasteiger partial charge < -0.3 is 15.4 Å². The second-order valence-electron chi connectivity index (χ2n) is 5.65. The van der Waals surface area contributed by atoms with E-state index in [2.05, 4.69) is 24.5 Å². The first-order chi connectivity index (χ1) is 9.44. The van der Waals surface area contributed by atoms with Crippen molar-refractivity contribution < 1.29 is 9.53 Å². The van der Waals surface area contributed by atoms with Crippen LogP contribution in [0.25, 0.3) is 0 Å². The first kappa shape index (κ1) is 15.6. The Kier molecular flexibility index (Phi) is 5.29. The van der Waals surface area contributed by atoms with E-state index in [0.29, 0.717) is 13.2 Å². The molecule has 0 saturated carbocycles. The normalized spacial score (nSPS) is 21.4. The number of hydrogen-bond donors (Lipinski definition) is 2. The van der Waals surface area contributed by atoms with E-state index in [1.807, 2.05) is 12.1 Å². The minimum atomic E-state index is -0.149. The van der Waals surface area contributed by atoms with E-state index in [1.165, 1.54) is 4.88 Å². The van der Waals surface area contributed by atoms with Crippen LogP contribution in [-0.4, -0.2) is 30.8 Å². The van der Waals surface area contributed by atoms with Gasteiger partial charge in [0, 0.05) is 24.1 Å². The summed E-state index contributed by atoms with van der Waals surface area (Å²) in [6, 6.07) is 3.96. The van der Waals surface area contributed by atoms with Crippen molar-refractivity contribution in [2.75, 3.05) is 13.2 Å². The molecule has 2 amide bonds. The van der Waals surface area contributed by atoms with Crippen LogP contribution < -0.4 is 10.6 Å². The molecule has 1 fully saturated rings. The summed E-state index contributed by atoms with van der Waals surface area (Å²) in [5.74, 6) is 0. The highest BCUT2D eigenvalue weighted by Gasteiger charge is 2.29. The minimum Gasteiger partial charge on any atom is -0.375 e. The molecule has 0 bridgehead atoms. The van der Waals surface area contributed by atoms with E-state index in [9.17, 15) is 4.79 Å². The van der Waals surface area contributed by atoms with Crippen molar-refractivity contribution in [1.82, 2.24) is 10.6 Å². The van der Waals surface area contributed by atoms with Crippen LogP contribution in [0.15, 0.2) is 12.1 Å². The van der Waals surface area contributed by atoms with Crippen molar-refractivity contribution in [2.45, 2.75) is 44.8 Å². The maximum absolute atomic E-state index is 11.8. The van der Waals surface area contributed by atoms with Gasteiger partial charge in [0.2, 0.25) is 0 Å². The van der Waals surface area contributed by atoms with Crippen molar-refractivity contribution in [1.29, 1.82) is 0 Å². The molecule has 4 nitrogen and oxygen atoms in total. The molecule has 1 aromatic heterocycles. The fraction of sp³-hybridized carbons (Fsp3) is 0.643. The molecule has 20 heavy (non-hydrogen) atoms. The molecule has 0 radical (unpaired) electrons. The van der Waals surface area contributed by atoms with Gasteiger partial charge in [-0.2, -0.15) is 0 Å². The number of urea groups is 1. The number of halogens is 1. The van der Waals surface area contributed by atoms with Crippen LogP contribution in [0.1, 0.15) is 31.6 Å². The van der Waals surface area contributed by atoms with Gasteiger partial charge in [0.25, 0.3) is 0 Å². The summed E-state index contributed by atoms with van der Waals surface area (Å²) in [6.45, 7) is 5.43. The number of hydrogen-bond acceptors (Lipinski definition) is 3. The van der Waals surface area contributed by atoms with Crippen LogP contribution in [0.4, 0.5) is 4.79 Å². The zero-order valence-corrected chi connectivity index (χ0v) is 13.4. The molecule has 1 aromatic rings. The molecule has 1 unspecified atom stereocenters. The third-order valence-corrected chi connectivity index (χ3v) is 4.61. The Morgan fingerprint density at radius 2 is 2.35 bits per heavy atom. The lowest BCUT2D eigenvalue weighted by Gasteiger charge is -2.35.